The lowest BCUT2D eigenvalue weighted by Gasteiger charge is -2.26. The maximum atomic E-state index is 13.2. The summed E-state index contributed by atoms with van der Waals surface area (Å²) in [5.41, 5.74) is 0.469. The van der Waals surface area contributed by atoms with E-state index in [4.69, 9.17) is 0 Å². The zero-order chi connectivity index (χ0) is 19.7. The molecule has 28 heavy (non-hydrogen) atoms. The molecule has 0 radical (unpaired) electrons. The van der Waals surface area contributed by atoms with Crippen LogP contribution in [0.25, 0.3) is 10.9 Å². The molecule has 2 aromatic heterocycles. The molecule has 3 aromatic rings. The van der Waals surface area contributed by atoms with Gasteiger partial charge in [0.15, 0.2) is 0 Å². The fourth-order valence-corrected chi connectivity index (χ4v) is 3.71. The minimum atomic E-state index is -4.52. The van der Waals surface area contributed by atoms with Gasteiger partial charge in [0.1, 0.15) is 12.4 Å². The van der Waals surface area contributed by atoms with Crippen LogP contribution in [-0.2, 0) is 13.1 Å². The molecule has 1 saturated heterocycles. The van der Waals surface area contributed by atoms with Crippen molar-refractivity contribution >= 4 is 10.9 Å². The van der Waals surface area contributed by atoms with Crippen LogP contribution in [0.4, 0.5) is 13.2 Å². The van der Waals surface area contributed by atoms with Gasteiger partial charge in [-0.3, -0.25) is 14.3 Å². The fourth-order valence-electron chi connectivity index (χ4n) is 3.71. The molecule has 0 N–H and O–H groups in total. The Morgan fingerprint density at radius 2 is 1.96 bits per heavy atom. The second kappa shape index (κ2) is 7.31. The minimum Gasteiger partial charge on any atom is -0.287 e. The molecule has 3 heterocycles. The van der Waals surface area contributed by atoms with E-state index in [0.717, 1.165) is 16.7 Å². The maximum absolute atomic E-state index is 13.2. The van der Waals surface area contributed by atoms with E-state index < -0.39 is 18.3 Å². The van der Waals surface area contributed by atoms with Crippen LogP contribution in [0, 0.1) is 0 Å². The molecule has 146 valence electrons. The number of hydrogen-bond donors (Lipinski definition) is 0. The van der Waals surface area contributed by atoms with E-state index in [2.05, 4.69) is 15.2 Å². The molecule has 1 atom stereocenters. The fraction of sp³-hybridized carbons (Fsp3) is 0.368. The largest absolute Gasteiger partial charge is 0.406 e. The van der Waals surface area contributed by atoms with Gasteiger partial charge in [-0.05, 0) is 43.7 Å². The van der Waals surface area contributed by atoms with Crippen molar-refractivity contribution in [1.82, 2.24) is 24.6 Å². The van der Waals surface area contributed by atoms with Crippen LogP contribution < -0.4 is 5.56 Å². The molecule has 6 nitrogen and oxygen atoms in total. The molecule has 1 aromatic carbocycles. The molecule has 4 rings (SSSR count). The summed E-state index contributed by atoms with van der Waals surface area (Å²) in [7, 11) is 0. The highest BCUT2D eigenvalue weighted by molar-refractivity contribution is 5.77. The average molecular weight is 389 g/mol. The highest BCUT2D eigenvalue weighted by Crippen LogP contribution is 2.33. The Balaban J connectivity index is 1.79. The molecule has 9 heteroatoms. The number of rotatable bonds is 4. The standard InChI is InChI=1S/C19H18F3N5O/c20-19(21,22)12-27-17(24-15-7-2-1-6-14(15)18(27)28)16-8-4-10-26(16)11-13-5-3-9-23-25-13/h1-3,5-7,9,16H,4,8,10-12H2. The summed E-state index contributed by atoms with van der Waals surface area (Å²) in [5.74, 6) is 0.155. The van der Waals surface area contributed by atoms with Crippen LogP contribution in [0.2, 0.25) is 0 Å². The van der Waals surface area contributed by atoms with Crippen LogP contribution in [0.1, 0.15) is 30.4 Å². The Hall–Kier alpha value is -2.81. The summed E-state index contributed by atoms with van der Waals surface area (Å²) in [4.78, 5) is 19.3. The number of fused-ring (bicyclic) bond motifs is 1. The van der Waals surface area contributed by atoms with Crippen LogP contribution in [0.5, 0.6) is 0 Å². The van der Waals surface area contributed by atoms with Crippen LogP contribution in [-0.4, -0.2) is 37.4 Å². The van der Waals surface area contributed by atoms with E-state index >= 15 is 0 Å². The summed E-state index contributed by atoms with van der Waals surface area (Å²) in [6, 6.07) is 9.70. The van der Waals surface area contributed by atoms with E-state index in [0.29, 0.717) is 25.0 Å². The molecule has 0 amide bonds. The molecule has 0 saturated carbocycles. The quantitative estimate of drug-likeness (QED) is 0.686. The van der Waals surface area contributed by atoms with Gasteiger partial charge in [-0.15, -0.1) is 0 Å². The minimum absolute atomic E-state index is 0.155. The second-order valence-electron chi connectivity index (χ2n) is 6.84. The Labute approximate surface area is 158 Å². The Bertz CT molecular complexity index is 1040. The molecule has 0 spiro atoms. The molecule has 1 fully saturated rings. The van der Waals surface area contributed by atoms with E-state index in [-0.39, 0.29) is 17.3 Å². The first-order chi connectivity index (χ1) is 13.4. The number of hydrogen-bond acceptors (Lipinski definition) is 5. The number of likely N-dealkylation sites (tertiary alicyclic amines) is 1. The van der Waals surface area contributed by atoms with Gasteiger partial charge >= 0.3 is 6.18 Å². The smallest absolute Gasteiger partial charge is 0.287 e. The number of para-hydroxylation sites is 1. The van der Waals surface area contributed by atoms with E-state index in [1.54, 1.807) is 30.5 Å². The SMILES string of the molecule is O=c1c2ccccc2nc(C2CCCN2Cc2cccnn2)n1CC(F)(F)F. The topological polar surface area (TPSA) is 63.9 Å². The van der Waals surface area contributed by atoms with Crippen LogP contribution >= 0.6 is 0 Å². The Morgan fingerprint density at radius 1 is 1.14 bits per heavy atom. The van der Waals surface area contributed by atoms with Crippen molar-refractivity contribution in [3.63, 3.8) is 0 Å². The van der Waals surface area contributed by atoms with Gasteiger partial charge in [0, 0.05) is 12.7 Å². The molecular formula is C19H18F3N5O. The van der Waals surface area contributed by atoms with Gasteiger partial charge < -0.3 is 0 Å². The highest BCUT2D eigenvalue weighted by Gasteiger charge is 2.35. The molecule has 0 aliphatic carbocycles. The molecule has 0 bridgehead atoms. The van der Waals surface area contributed by atoms with E-state index in [1.165, 1.54) is 6.07 Å². The molecule has 1 unspecified atom stereocenters. The van der Waals surface area contributed by atoms with Crippen molar-refractivity contribution in [2.45, 2.75) is 38.1 Å². The lowest BCUT2D eigenvalue weighted by atomic mass is 10.1. The predicted molar refractivity (Wildman–Crippen MR) is 96.5 cm³/mol. The summed E-state index contributed by atoms with van der Waals surface area (Å²) < 4.78 is 40.4. The summed E-state index contributed by atoms with van der Waals surface area (Å²) in [6.45, 7) is -0.225. The lowest BCUT2D eigenvalue weighted by Crippen LogP contribution is -2.35. The van der Waals surface area contributed by atoms with E-state index in [9.17, 15) is 18.0 Å². The number of halogens is 3. The van der Waals surface area contributed by atoms with Gasteiger partial charge in [-0.2, -0.15) is 23.4 Å². The van der Waals surface area contributed by atoms with Crippen LogP contribution in [0.15, 0.2) is 47.4 Å². The Morgan fingerprint density at radius 3 is 2.71 bits per heavy atom. The van der Waals surface area contributed by atoms with Crippen molar-refractivity contribution in [3.8, 4) is 0 Å². The molecule has 1 aliphatic heterocycles. The van der Waals surface area contributed by atoms with Gasteiger partial charge in [-0.25, -0.2) is 4.98 Å². The third kappa shape index (κ3) is 3.75. The van der Waals surface area contributed by atoms with Gasteiger partial charge in [-0.1, -0.05) is 12.1 Å². The van der Waals surface area contributed by atoms with Crippen molar-refractivity contribution in [2.24, 2.45) is 0 Å². The lowest BCUT2D eigenvalue weighted by molar-refractivity contribution is -0.142. The zero-order valence-corrected chi connectivity index (χ0v) is 14.9. The average Bonchev–Trinajstić information content (AvgIpc) is 3.12. The van der Waals surface area contributed by atoms with Gasteiger partial charge in [0.05, 0.1) is 22.6 Å². The highest BCUT2D eigenvalue weighted by atomic mass is 19.4. The maximum Gasteiger partial charge on any atom is 0.406 e. The van der Waals surface area contributed by atoms with E-state index in [1.807, 2.05) is 11.0 Å². The second-order valence-corrected chi connectivity index (χ2v) is 6.84. The van der Waals surface area contributed by atoms with Crippen molar-refractivity contribution < 1.29 is 13.2 Å². The predicted octanol–water partition coefficient (Wildman–Crippen LogP) is 3.09. The normalized spacial score (nSPS) is 18.0. The van der Waals surface area contributed by atoms with Crippen molar-refractivity contribution in [2.75, 3.05) is 6.54 Å². The van der Waals surface area contributed by atoms with Crippen molar-refractivity contribution in [1.29, 1.82) is 0 Å². The summed E-state index contributed by atoms with van der Waals surface area (Å²) in [6.07, 6.45) is -1.52. The third-order valence-corrected chi connectivity index (χ3v) is 4.88. The zero-order valence-electron chi connectivity index (χ0n) is 14.9. The monoisotopic (exact) mass is 389 g/mol. The third-order valence-electron chi connectivity index (χ3n) is 4.88. The first kappa shape index (κ1) is 18.5. The number of aromatic nitrogens is 4. The number of alkyl halides is 3. The number of nitrogens with zero attached hydrogens (tertiary/aromatic N) is 5. The first-order valence-electron chi connectivity index (χ1n) is 8.99. The van der Waals surface area contributed by atoms with Gasteiger partial charge in [0.25, 0.3) is 5.56 Å². The van der Waals surface area contributed by atoms with Crippen LogP contribution in [0.3, 0.4) is 0 Å². The first-order valence-corrected chi connectivity index (χ1v) is 8.99. The summed E-state index contributed by atoms with van der Waals surface area (Å²) in [5, 5.41) is 8.10. The van der Waals surface area contributed by atoms with Gasteiger partial charge in [0.2, 0.25) is 0 Å². The molecule has 1 aliphatic rings. The number of benzene rings is 1. The summed E-state index contributed by atoms with van der Waals surface area (Å²) >= 11 is 0. The van der Waals surface area contributed by atoms with Crippen molar-refractivity contribution in [3.05, 3.63) is 64.5 Å². The Kier molecular flexibility index (Phi) is 4.84. The molecular weight excluding hydrogens is 371 g/mol.